The topological polar surface area (TPSA) is 67.0 Å². The maximum absolute atomic E-state index is 12.1. The lowest BCUT2D eigenvalue weighted by Gasteiger charge is -2.23. The monoisotopic (exact) mass is 283 g/mol. The van der Waals surface area contributed by atoms with E-state index in [9.17, 15) is 4.79 Å². The van der Waals surface area contributed by atoms with Crippen LogP contribution in [0.25, 0.3) is 10.9 Å². The lowest BCUT2D eigenvalue weighted by atomic mass is 10.1. The summed E-state index contributed by atoms with van der Waals surface area (Å²) < 4.78 is 7.19. The molecule has 0 radical (unpaired) electrons. The second-order valence-electron chi connectivity index (χ2n) is 5.28. The molecule has 1 amide bonds. The lowest BCUT2D eigenvalue weighted by Crippen LogP contribution is -2.40. The van der Waals surface area contributed by atoms with E-state index in [2.05, 4.69) is 11.4 Å². The number of fused-ring (bicyclic) bond motifs is 1. The first-order valence-corrected chi connectivity index (χ1v) is 7.12. The quantitative estimate of drug-likeness (QED) is 0.934. The van der Waals surface area contributed by atoms with Crippen LogP contribution < -0.4 is 5.32 Å². The smallest absolute Gasteiger partial charge is 0.240 e. The Bertz CT molecular complexity index is 693. The fraction of sp³-hybridized carbons (Fsp3) is 0.375. The van der Waals surface area contributed by atoms with Gasteiger partial charge >= 0.3 is 0 Å². The number of ether oxygens (including phenoxy) is 1. The van der Waals surface area contributed by atoms with E-state index in [-0.39, 0.29) is 11.9 Å². The first-order valence-electron chi connectivity index (χ1n) is 7.12. The van der Waals surface area contributed by atoms with Gasteiger partial charge in [0, 0.05) is 36.4 Å². The number of aromatic nitrogens is 1. The third-order valence-corrected chi connectivity index (χ3v) is 3.80. The molecule has 0 spiro atoms. The fourth-order valence-corrected chi connectivity index (χ4v) is 2.68. The van der Waals surface area contributed by atoms with E-state index >= 15 is 0 Å². The van der Waals surface area contributed by atoms with Gasteiger partial charge in [-0.1, -0.05) is 0 Å². The van der Waals surface area contributed by atoms with E-state index in [1.54, 1.807) is 6.07 Å². The summed E-state index contributed by atoms with van der Waals surface area (Å²) in [4.78, 5) is 12.1. The van der Waals surface area contributed by atoms with Crippen molar-refractivity contribution < 1.29 is 9.53 Å². The second kappa shape index (κ2) is 5.98. The number of nitrogens with zero attached hydrogens (tertiary/aromatic N) is 2. The van der Waals surface area contributed by atoms with E-state index < -0.39 is 0 Å². The van der Waals surface area contributed by atoms with Crippen LogP contribution in [0.4, 0.5) is 0 Å². The molecule has 3 rings (SSSR count). The van der Waals surface area contributed by atoms with E-state index in [1.807, 2.05) is 29.0 Å². The zero-order chi connectivity index (χ0) is 14.7. The third kappa shape index (κ3) is 3.06. The van der Waals surface area contributed by atoms with Gasteiger partial charge in [0.05, 0.1) is 11.6 Å². The summed E-state index contributed by atoms with van der Waals surface area (Å²) in [6.07, 6.45) is 3.64. The van der Waals surface area contributed by atoms with Crippen LogP contribution in [0.1, 0.15) is 18.4 Å². The molecular formula is C16H17N3O2. The molecule has 1 saturated heterocycles. The van der Waals surface area contributed by atoms with Crippen LogP contribution in [0.15, 0.2) is 30.5 Å². The van der Waals surface area contributed by atoms with Gasteiger partial charge < -0.3 is 14.6 Å². The first kappa shape index (κ1) is 13.7. The van der Waals surface area contributed by atoms with Crippen molar-refractivity contribution in [2.45, 2.75) is 25.4 Å². The molecule has 5 nitrogen and oxygen atoms in total. The number of benzene rings is 1. The van der Waals surface area contributed by atoms with E-state index in [0.717, 1.165) is 23.7 Å². The average molecular weight is 283 g/mol. The lowest BCUT2D eigenvalue weighted by molar-refractivity contribution is -0.122. The molecule has 2 aromatic rings. The van der Waals surface area contributed by atoms with Gasteiger partial charge in [0.25, 0.3) is 0 Å². The highest BCUT2D eigenvalue weighted by molar-refractivity contribution is 5.84. The predicted molar refractivity (Wildman–Crippen MR) is 78.6 cm³/mol. The molecule has 21 heavy (non-hydrogen) atoms. The SMILES string of the molecule is N#Cc1ccc2c(ccn2CC(=O)NC2CCOCC2)c1. The molecule has 2 heterocycles. The molecule has 1 aromatic heterocycles. The number of rotatable bonds is 3. The Morgan fingerprint density at radius 1 is 1.38 bits per heavy atom. The van der Waals surface area contributed by atoms with Gasteiger partial charge in [-0.2, -0.15) is 5.26 Å². The Morgan fingerprint density at radius 3 is 2.95 bits per heavy atom. The Balaban J connectivity index is 1.69. The summed E-state index contributed by atoms with van der Waals surface area (Å²) in [7, 11) is 0. The molecular weight excluding hydrogens is 266 g/mol. The Kier molecular flexibility index (Phi) is 3.89. The summed E-state index contributed by atoms with van der Waals surface area (Å²) >= 11 is 0. The minimum absolute atomic E-state index is 0.0174. The third-order valence-electron chi connectivity index (χ3n) is 3.80. The second-order valence-corrected chi connectivity index (χ2v) is 5.28. The van der Waals surface area contributed by atoms with Crippen molar-refractivity contribution in [2.24, 2.45) is 0 Å². The summed E-state index contributed by atoms with van der Waals surface area (Å²) in [5.41, 5.74) is 1.60. The summed E-state index contributed by atoms with van der Waals surface area (Å²) in [5.74, 6) is 0.0174. The van der Waals surface area contributed by atoms with Gasteiger partial charge in [0.15, 0.2) is 0 Å². The minimum atomic E-state index is 0.0174. The maximum Gasteiger partial charge on any atom is 0.240 e. The number of amides is 1. The predicted octanol–water partition coefficient (Wildman–Crippen LogP) is 1.81. The normalized spacial score (nSPS) is 15.8. The molecule has 0 saturated carbocycles. The molecule has 0 unspecified atom stereocenters. The zero-order valence-corrected chi connectivity index (χ0v) is 11.7. The number of hydrogen-bond acceptors (Lipinski definition) is 3. The van der Waals surface area contributed by atoms with Crippen molar-refractivity contribution in [3.63, 3.8) is 0 Å². The number of carbonyl (C=O) groups excluding carboxylic acids is 1. The van der Waals surface area contributed by atoms with Crippen molar-refractivity contribution in [3.05, 3.63) is 36.0 Å². The van der Waals surface area contributed by atoms with E-state index in [0.29, 0.717) is 25.3 Å². The summed E-state index contributed by atoms with van der Waals surface area (Å²) in [6, 6.07) is 9.77. The van der Waals surface area contributed by atoms with Gasteiger partial charge in [0.1, 0.15) is 6.54 Å². The van der Waals surface area contributed by atoms with Crippen molar-refractivity contribution in [1.82, 2.24) is 9.88 Å². The van der Waals surface area contributed by atoms with E-state index in [4.69, 9.17) is 10.00 Å². The van der Waals surface area contributed by atoms with Gasteiger partial charge in [0.2, 0.25) is 5.91 Å². The molecule has 1 fully saturated rings. The van der Waals surface area contributed by atoms with Gasteiger partial charge in [-0.25, -0.2) is 0 Å². The first-order chi connectivity index (χ1) is 10.3. The van der Waals surface area contributed by atoms with Crippen molar-refractivity contribution >= 4 is 16.8 Å². The van der Waals surface area contributed by atoms with Gasteiger partial charge in [-0.05, 0) is 37.1 Å². The molecule has 0 atom stereocenters. The molecule has 5 heteroatoms. The molecule has 108 valence electrons. The fourth-order valence-electron chi connectivity index (χ4n) is 2.68. The van der Waals surface area contributed by atoms with E-state index in [1.165, 1.54) is 0 Å². The van der Waals surface area contributed by atoms with Crippen LogP contribution in [0.5, 0.6) is 0 Å². The number of carbonyl (C=O) groups is 1. The standard InChI is InChI=1S/C16H17N3O2/c17-10-12-1-2-15-13(9-12)3-6-19(15)11-16(20)18-14-4-7-21-8-5-14/h1-3,6,9,14H,4-5,7-8,11H2,(H,18,20). The Morgan fingerprint density at radius 2 is 2.19 bits per heavy atom. The van der Waals surface area contributed by atoms with Crippen LogP contribution >= 0.6 is 0 Å². The molecule has 0 aliphatic carbocycles. The molecule has 1 aliphatic rings. The maximum atomic E-state index is 12.1. The summed E-state index contributed by atoms with van der Waals surface area (Å²) in [6.45, 7) is 1.73. The largest absolute Gasteiger partial charge is 0.381 e. The highest BCUT2D eigenvalue weighted by Crippen LogP contribution is 2.17. The van der Waals surface area contributed by atoms with Gasteiger partial charge in [-0.15, -0.1) is 0 Å². The van der Waals surface area contributed by atoms with Crippen LogP contribution in [0.2, 0.25) is 0 Å². The molecule has 1 aromatic carbocycles. The zero-order valence-electron chi connectivity index (χ0n) is 11.7. The molecule has 1 N–H and O–H groups in total. The summed E-state index contributed by atoms with van der Waals surface area (Å²) in [5, 5.41) is 12.9. The highest BCUT2D eigenvalue weighted by Gasteiger charge is 2.16. The number of hydrogen-bond donors (Lipinski definition) is 1. The van der Waals surface area contributed by atoms with Gasteiger partial charge in [-0.3, -0.25) is 4.79 Å². The van der Waals surface area contributed by atoms with Crippen LogP contribution in [-0.2, 0) is 16.1 Å². The minimum Gasteiger partial charge on any atom is -0.381 e. The highest BCUT2D eigenvalue weighted by atomic mass is 16.5. The van der Waals surface area contributed by atoms with Crippen molar-refractivity contribution in [2.75, 3.05) is 13.2 Å². The van der Waals surface area contributed by atoms with Crippen LogP contribution in [0, 0.1) is 11.3 Å². The molecule has 0 bridgehead atoms. The number of nitriles is 1. The van der Waals surface area contributed by atoms with Crippen molar-refractivity contribution in [1.29, 1.82) is 5.26 Å². The Hall–Kier alpha value is -2.32. The molecule has 1 aliphatic heterocycles. The van der Waals surface area contributed by atoms with Crippen LogP contribution in [-0.4, -0.2) is 29.7 Å². The van der Waals surface area contributed by atoms with Crippen LogP contribution in [0.3, 0.4) is 0 Å². The van der Waals surface area contributed by atoms with Crippen molar-refractivity contribution in [3.8, 4) is 6.07 Å². The average Bonchev–Trinajstić information content (AvgIpc) is 2.90. The number of nitrogens with one attached hydrogen (secondary N) is 1. The Labute approximate surface area is 123 Å².